The molecule has 0 unspecified atom stereocenters. The van der Waals surface area contributed by atoms with Crippen LogP contribution in [0.25, 0.3) is 0 Å². The molecule has 0 spiro atoms. The van der Waals surface area contributed by atoms with Gasteiger partial charge in [-0.25, -0.2) is 0 Å². The zero-order valence-corrected chi connectivity index (χ0v) is 6.39. The average molecular weight is 132 g/mol. The van der Waals surface area contributed by atoms with E-state index < -0.39 is 5.60 Å². The van der Waals surface area contributed by atoms with Crippen LogP contribution in [0.15, 0.2) is 0 Å². The highest BCUT2D eigenvalue weighted by molar-refractivity contribution is 4.78. The van der Waals surface area contributed by atoms with E-state index in [4.69, 9.17) is 5.11 Å². The van der Waals surface area contributed by atoms with Crippen LogP contribution >= 0.6 is 0 Å². The van der Waals surface area contributed by atoms with Gasteiger partial charge in [0.1, 0.15) is 0 Å². The molecular weight excluding hydrogens is 116 g/mol. The summed E-state index contributed by atoms with van der Waals surface area (Å²) in [5.41, 5.74) is -0.861. The summed E-state index contributed by atoms with van der Waals surface area (Å²) >= 11 is 0. The molecule has 0 aromatic carbocycles. The molecule has 2 nitrogen and oxygen atoms in total. The first-order valence-electron chi connectivity index (χ1n) is 3.40. The molecule has 0 heterocycles. The Kier molecular flexibility index (Phi) is 3.15. The highest BCUT2D eigenvalue weighted by Gasteiger charge is 2.27. The fraction of sp³-hybridized carbons (Fsp3) is 1.00. The van der Waals surface area contributed by atoms with Crippen molar-refractivity contribution in [1.29, 1.82) is 0 Å². The van der Waals surface area contributed by atoms with Gasteiger partial charge >= 0.3 is 0 Å². The van der Waals surface area contributed by atoms with Gasteiger partial charge in [-0.3, -0.25) is 0 Å². The first kappa shape index (κ1) is 8.92. The van der Waals surface area contributed by atoms with Crippen LogP contribution in [0, 0.1) is 5.92 Å². The number of aliphatic hydroxyl groups is 2. The lowest BCUT2D eigenvalue weighted by Gasteiger charge is -2.28. The lowest BCUT2D eigenvalue weighted by atomic mass is 9.89. The predicted molar refractivity (Wildman–Crippen MR) is 37.2 cm³/mol. The minimum absolute atomic E-state index is 0.132. The van der Waals surface area contributed by atoms with Crippen LogP contribution < -0.4 is 0 Å². The Morgan fingerprint density at radius 1 is 1.44 bits per heavy atom. The van der Waals surface area contributed by atoms with Crippen molar-refractivity contribution in [2.75, 3.05) is 6.61 Å². The summed E-state index contributed by atoms with van der Waals surface area (Å²) in [4.78, 5) is 0. The van der Waals surface area contributed by atoms with Gasteiger partial charge in [0.2, 0.25) is 0 Å². The Balaban J connectivity index is 3.92. The van der Waals surface area contributed by atoms with Crippen molar-refractivity contribution >= 4 is 0 Å². The van der Waals surface area contributed by atoms with E-state index in [9.17, 15) is 5.11 Å². The summed E-state index contributed by atoms with van der Waals surface area (Å²) in [7, 11) is 0. The fourth-order valence-corrected chi connectivity index (χ4v) is 0.703. The third-order valence-electron chi connectivity index (χ3n) is 1.96. The zero-order valence-electron chi connectivity index (χ0n) is 6.39. The van der Waals surface area contributed by atoms with E-state index in [2.05, 4.69) is 0 Å². The summed E-state index contributed by atoms with van der Waals surface area (Å²) in [5, 5.41) is 18.2. The molecule has 56 valence electrons. The third kappa shape index (κ3) is 1.95. The summed E-state index contributed by atoms with van der Waals surface area (Å²) in [6, 6.07) is 0. The van der Waals surface area contributed by atoms with Gasteiger partial charge in [0.15, 0.2) is 0 Å². The van der Waals surface area contributed by atoms with Gasteiger partial charge in [-0.1, -0.05) is 20.8 Å². The molecule has 0 aromatic heterocycles. The fourth-order valence-electron chi connectivity index (χ4n) is 0.703. The van der Waals surface area contributed by atoms with E-state index in [1.165, 1.54) is 0 Å². The van der Waals surface area contributed by atoms with E-state index >= 15 is 0 Å². The number of hydrogen-bond donors (Lipinski definition) is 2. The summed E-state index contributed by atoms with van der Waals surface area (Å²) < 4.78 is 0. The highest BCUT2D eigenvalue weighted by Crippen LogP contribution is 2.19. The van der Waals surface area contributed by atoms with E-state index in [1.807, 2.05) is 20.8 Å². The van der Waals surface area contributed by atoms with Crippen molar-refractivity contribution in [3.8, 4) is 0 Å². The Bertz CT molecular complexity index is 75.0. The predicted octanol–water partition coefficient (Wildman–Crippen LogP) is 0.776. The quantitative estimate of drug-likeness (QED) is 0.595. The van der Waals surface area contributed by atoms with Crippen molar-refractivity contribution in [3.05, 3.63) is 0 Å². The van der Waals surface area contributed by atoms with Crippen LogP contribution in [0.3, 0.4) is 0 Å². The second-order valence-electron chi connectivity index (χ2n) is 2.77. The molecule has 2 heteroatoms. The van der Waals surface area contributed by atoms with Crippen molar-refractivity contribution in [2.24, 2.45) is 5.92 Å². The summed E-state index contributed by atoms with van der Waals surface area (Å²) in [6.45, 7) is 5.54. The maximum atomic E-state index is 9.46. The minimum atomic E-state index is -0.861. The monoisotopic (exact) mass is 132 g/mol. The maximum absolute atomic E-state index is 9.46. The standard InChI is InChI=1S/C7H16O2/c1-4-7(9,5-8)6(2)3/h6,8-9H,4-5H2,1-3H3/t7-/m1/s1. The molecule has 0 bridgehead atoms. The Morgan fingerprint density at radius 2 is 1.89 bits per heavy atom. The van der Waals surface area contributed by atoms with Crippen molar-refractivity contribution in [3.63, 3.8) is 0 Å². The van der Waals surface area contributed by atoms with Crippen molar-refractivity contribution in [2.45, 2.75) is 32.8 Å². The highest BCUT2D eigenvalue weighted by atomic mass is 16.3. The topological polar surface area (TPSA) is 40.5 Å². The Morgan fingerprint density at radius 3 is 1.89 bits per heavy atom. The van der Waals surface area contributed by atoms with Gasteiger partial charge < -0.3 is 10.2 Å². The minimum Gasteiger partial charge on any atom is -0.393 e. The molecule has 9 heavy (non-hydrogen) atoms. The molecule has 0 saturated heterocycles. The SMILES string of the molecule is CC[C@@](O)(CO)C(C)C. The Labute approximate surface area is 56.5 Å². The molecular formula is C7H16O2. The molecule has 0 amide bonds. The smallest absolute Gasteiger partial charge is 0.0897 e. The van der Waals surface area contributed by atoms with Crippen LogP contribution in [-0.2, 0) is 0 Å². The van der Waals surface area contributed by atoms with Gasteiger partial charge in [-0.2, -0.15) is 0 Å². The lowest BCUT2D eigenvalue weighted by Crippen LogP contribution is -2.38. The maximum Gasteiger partial charge on any atom is 0.0897 e. The van der Waals surface area contributed by atoms with E-state index in [0.29, 0.717) is 6.42 Å². The van der Waals surface area contributed by atoms with E-state index in [-0.39, 0.29) is 12.5 Å². The second kappa shape index (κ2) is 3.18. The third-order valence-corrected chi connectivity index (χ3v) is 1.96. The van der Waals surface area contributed by atoms with Gasteiger partial charge in [0.25, 0.3) is 0 Å². The van der Waals surface area contributed by atoms with Gasteiger partial charge in [0, 0.05) is 0 Å². The van der Waals surface area contributed by atoms with E-state index in [0.717, 1.165) is 0 Å². The average Bonchev–Trinajstić information content (AvgIpc) is 1.86. The van der Waals surface area contributed by atoms with Crippen LogP contribution in [0.4, 0.5) is 0 Å². The van der Waals surface area contributed by atoms with Crippen LogP contribution in [0.5, 0.6) is 0 Å². The van der Waals surface area contributed by atoms with Gasteiger partial charge in [0.05, 0.1) is 12.2 Å². The van der Waals surface area contributed by atoms with E-state index in [1.54, 1.807) is 0 Å². The summed E-state index contributed by atoms with van der Waals surface area (Å²) in [6.07, 6.45) is 0.612. The Hall–Kier alpha value is -0.0800. The first-order chi connectivity index (χ1) is 4.06. The molecule has 0 aliphatic heterocycles. The second-order valence-corrected chi connectivity index (χ2v) is 2.77. The molecule has 0 radical (unpaired) electrons. The molecule has 0 rings (SSSR count). The van der Waals surface area contributed by atoms with Gasteiger partial charge in [-0.05, 0) is 12.3 Å². The molecule has 0 aliphatic rings. The molecule has 1 atom stereocenters. The number of aliphatic hydroxyl groups excluding tert-OH is 1. The normalized spacial score (nSPS) is 18.0. The molecule has 2 N–H and O–H groups in total. The van der Waals surface area contributed by atoms with Crippen molar-refractivity contribution < 1.29 is 10.2 Å². The molecule has 0 fully saturated rings. The van der Waals surface area contributed by atoms with Gasteiger partial charge in [-0.15, -0.1) is 0 Å². The first-order valence-corrected chi connectivity index (χ1v) is 3.40. The number of rotatable bonds is 3. The number of hydrogen-bond acceptors (Lipinski definition) is 2. The zero-order chi connectivity index (χ0) is 7.49. The van der Waals surface area contributed by atoms with Crippen LogP contribution in [0.1, 0.15) is 27.2 Å². The lowest BCUT2D eigenvalue weighted by molar-refractivity contribution is -0.0536. The van der Waals surface area contributed by atoms with Crippen LogP contribution in [-0.4, -0.2) is 22.4 Å². The molecule has 0 aliphatic carbocycles. The van der Waals surface area contributed by atoms with Crippen molar-refractivity contribution in [1.82, 2.24) is 0 Å². The van der Waals surface area contributed by atoms with Crippen LogP contribution in [0.2, 0.25) is 0 Å². The molecule has 0 aromatic rings. The molecule has 0 saturated carbocycles. The summed E-state index contributed by atoms with van der Waals surface area (Å²) in [5.74, 6) is 0.132. The largest absolute Gasteiger partial charge is 0.393 e.